The fourth-order valence-corrected chi connectivity index (χ4v) is 3.79. The summed E-state index contributed by atoms with van der Waals surface area (Å²) in [6, 6.07) is 9.86. The van der Waals surface area contributed by atoms with E-state index >= 15 is 0 Å². The van der Waals surface area contributed by atoms with Crippen molar-refractivity contribution in [3.8, 4) is 0 Å². The van der Waals surface area contributed by atoms with Gasteiger partial charge in [0.15, 0.2) is 0 Å². The molecule has 1 aromatic carbocycles. The molecule has 4 rings (SSSR count). The minimum atomic E-state index is -0.432. The van der Waals surface area contributed by atoms with Crippen LogP contribution < -0.4 is 4.90 Å². The second-order valence-corrected chi connectivity index (χ2v) is 7.33. The van der Waals surface area contributed by atoms with Crippen molar-refractivity contribution in [2.75, 3.05) is 50.7 Å². The number of anilines is 1. The molecule has 0 radical (unpaired) electrons. The van der Waals surface area contributed by atoms with Gasteiger partial charge in [0, 0.05) is 58.2 Å². The minimum absolute atomic E-state index is 0.0341. The SMILES string of the molecule is O=C(CN1CCN(c2ccccc2F)C1=O)N1CCN(Cc2cccnc2)CC1. The highest BCUT2D eigenvalue weighted by Crippen LogP contribution is 2.23. The molecule has 0 saturated carbocycles. The number of pyridine rings is 1. The fraction of sp³-hybridized carbons (Fsp3) is 0.381. The van der Waals surface area contributed by atoms with Gasteiger partial charge in [-0.2, -0.15) is 0 Å². The van der Waals surface area contributed by atoms with Crippen molar-refractivity contribution >= 4 is 17.6 Å². The number of piperazine rings is 1. The third-order valence-electron chi connectivity index (χ3n) is 5.42. The molecule has 7 nitrogen and oxygen atoms in total. The van der Waals surface area contributed by atoms with E-state index < -0.39 is 5.82 Å². The highest BCUT2D eigenvalue weighted by Gasteiger charge is 2.33. The quantitative estimate of drug-likeness (QED) is 0.772. The van der Waals surface area contributed by atoms with Crippen LogP contribution in [0, 0.1) is 5.82 Å². The van der Waals surface area contributed by atoms with Gasteiger partial charge in [-0.15, -0.1) is 0 Å². The number of hydrogen-bond acceptors (Lipinski definition) is 4. The molecular formula is C21H24FN5O2. The van der Waals surface area contributed by atoms with Crippen molar-refractivity contribution in [3.05, 3.63) is 60.2 Å². The molecule has 0 N–H and O–H groups in total. The molecule has 2 aromatic rings. The number of carbonyl (C=O) groups is 2. The van der Waals surface area contributed by atoms with Crippen molar-refractivity contribution in [1.82, 2.24) is 19.7 Å². The van der Waals surface area contributed by atoms with E-state index in [-0.39, 0.29) is 24.2 Å². The van der Waals surface area contributed by atoms with Crippen LogP contribution in [0.15, 0.2) is 48.8 Å². The lowest BCUT2D eigenvalue weighted by Gasteiger charge is -2.35. The van der Waals surface area contributed by atoms with Crippen LogP contribution in [0.25, 0.3) is 0 Å². The van der Waals surface area contributed by atoms with Crippen molar-refractivity contribution in [2.45, 2.75) is 6.54 Å². The molecule has 3 amide bonds. The van der Waals surface area contributed by atoms with Crippen molar-refractivity contribution in [3.63, 3.8) is 0 Å². The van der Waals surface area contributed by atoms with E-state index in [9.17, 15) is 14.0 Å². The largest absolute Gasteiger partial charge is 0.339 e. The number of benzene rings is 1. The van der Waals surface area contributed by atoms with Gasteiger partial charge in [0.25, 0.3) is 0 Å². The molecule has 0 aliphatic carbocycles. The first-order valence-electron chi connectivity index (χ1n) is 9.82. The lowest BCUT2D eigenvalue weighted by atomic mass is 10.2. The van der Waals surface area contributed by atoms with Crippen LogP contribution in [0.1, 0.15) is 5.56 Å². The Morgan fingerprint density at radius 1 is 1.00 bits per heavy atom. The molecule has 2 aliphatic heterocycles. The number of nitrogens with zero attached hydrogens (tertiary/aromatic N) is 5. The van der Waals surface area contributed by atoms with Gasteiger partial charge in [-0.3, -0.25) is 19.6 Å². The minimum Gasteiger partial charge on any atom is -0.339 e. The van der Waals surface area contributed by atoms with Crippen LogP contribution in [0.5, 0.6) is 0 Å². The zero-order chi connectivity index (χ0) is 20.2. The van der Waals surface area contributed by atoms with Gasteiger partial charge >= 0.3 is 6.03 Å². The molecule has 2 fully saturated rings. The van der Waals surface area contributed by atoms with Crippen molar-refractivity contribution in [1.29, 1.82) is 0 Å². The number of amides is 3. The van der Waals surface area contributed by atoms with E-state index in [2.05, 4.69) is 9.88 Å². The van der Waals surface area contributed by atoms with E-state index in [1.807, 2.05) is 18.3 Å². The van der Waals surface area contributed by atoms with Gasteiger partial charge in [0.05, 0.1) is 5.69 Å². The highest BCUT2D eigenvalue weighted by atomic mass is 19.1. The summed E-state index contributed by atoms with van der Waals surface area (Å²) < 4.78 is 14.0. The Kier molecular flexibility index (Phi) is 5.71. The molecule has 1 aromatic heterocycles. The predicted molar refractivity (Wildman–Crippen MR) is 107 cm³/mol. The maximum atomic E-state index is 14.0. The molecule has 0 atom stereocenters. The summed E-state index contributed by atoms with van der Waals surface area (Å²) in [4.78, 5) is 36.4. The lowest BCUT2D eigenvalue weighted by molar-refractivity contribution is -0.133. The zero-order valence-electron chi connectivity index (χ0n) is 16.2. The Morgan fingerprint density at radius 3 is 2.52 bits per heavy atom. The summed E-state index contributed by atoms with van der Waals surface area (Å²) in [5.41, 5.74) is 1.42. The van der Waals surface area contributed by atoms with E-state index in [0.717, 1.165) is 25.2 Å². The second-order valence-electron chi connectivity index (χ2n) is 7.33. The molecule has 3 heterocycles. The highest BCUT2D eigenvalue weighted by molar-refractivity contribution is 5.96. The Labute approximate surface area is 169 Å². The number of rotatable bonds is 5. The standard InChI is InChI=1S/C21H24FN5O2/c22-18-5-1-2-6-19(18)27-13-12-26(21(27)29)16-20(28)25-10-8-24(9-11-25)15-17-4-3-7-23-14-17/h1-7,14H,8-13,15-16H2. The summed E-state index contributed by atoms with van der Waals surface area (Å²) in [5, 5.41) is 0. The number of carbonyl (C=O) groups excluding carboxylic acids is 2. The predicted octanol–water partition coefficient (Wildman–Crippen LogP) is 1.81. The Hall–Kier alpha value is -3.00. The molecule has 29 heavy (non-hydrogen) atoms. The zero-order valence-corrected chi connectivity index (χ0v) is 16.2. The van der Waals surface area contributed by atoms with Gasteiger partial charge in [-0.25, -0.2) is 9.18 Å². The van der Waals surface area contributed by atoms with Crippen LogP contribution in [0.2, 0.25) is 0 Å². The Morgan fingerprint density at radius 2 is 1.79 bits per heavy atom. The van der Waals surface area contributed by atoms with Crippen LogP contribution in [-0.4, -0.2) is 77.4 Å². The molecule has 152 valence electrons. The first-order valence-corrected chi connectivity index (χ1v) is 9.82. The smallest absolute Gasteiger partial charge is 0.325 e. The third kappa shape index (κ3) is 4.37. The van der Waals surface area contributed by atoms with Gasteiger partial charge in [0.1, 0.15) is 12.4 Å². The second kappa shape index (κ2) is 8.57. The molecular weight excluding hydrogens is 373 g/mol. The fourth-order valence-electron chi connectivity index (χ4n) is 3.79. The summed E-state index contributed by atoms with van der Waals surface area (Å²) in [6.45, 7) is 4.50. The molecule has 2 aliphatic rings. The van der Waals surface area contributed by atoms with E-state index in [4.69, 9.17) is 0 Å². The normalized spacial score (nSPS) is 17.8. The van der Waals surface area contributed by atoms with Crippen LogP contribution in [0.4, 0.5) is 14.9 Å². The van der Waals surface area contributed by atoms with Gasteiger partial charge in [0.2, 0.25) is 5.91 Å². The van der Waals surface area contributed by atoms with E-state index in [1.165, 1.54) is 15.9 Å². The van der Waals surface area contributed by atoms with E-state index in [0.29, 0.717) is 26.2 Å². The molecule has 0 unspecified atom stereocenters. The van der Waals surface area contributed by atoms with Crippen molar-refractivity contribution in [2.24, 2.45) is 0 Å². The number of hydrogen-bond donors (Lipinski definition) is 0. The number of urea groups is 1. The molecule has 8 heteroatoms. The summed E-state index contributed by atoms with van der Waals surface area (Å²) in [6.07, 6.45) is 3.62. The first kappa shape index (κ1) is 19.3. The van der Waals surface area contributed by atoms with Crippen LogP contribution >= 0.6 is 0 Å². The van der Waals surface area contributed by atoms with Gasteiger partial charge < -0.3 is 9.80 Å². The summed E-state index contributed by atoms with van der Waals surface area (Å²) >= 11 is 0. The van der Waals surface area contributed by atoms with Crippen LogP contribution in [0.3, 0.4) is 0 Å². The van der Waals surface area contributed by atoms with Gasteiger partial charge in [-0.1, -0.05) is 18.2 Å². The summed E-state index contributed by atoms with van der Waals surface area (Å²) in [7, 11) is 0. The maximum Gasteiger partial charge on any atom is 0.325 e. The van der Waals surface area contributed by atoms with Crippen molar-refractivity contribution < 1.29 is 14.0 Å². The summed E-state index contributed by atoms with van der Waals surface area (Å²) in [5.74, 6) is -0.492. The number of halogens is 1. The van der Waals surface area contributed by atoms with Gasteiger partial charge in [-0.05, 0) is 23.8 Å². The monoisotopic (exact) mass is 397 g/mol. The topological polar surface area (TPSA) is 60.0 Å². The average Bonchev–Trinajstić information content (AvgIpc) is 3.10. The molecule has 0 bridgehead atoms. The first-order chi connectivity index (χ1) is 14.1. The number of para-hydroxylation sites is 1. The Balaban J connectivity index is 1.28. The number of aromatic nitrogens is 1. The average molecular weight is 397 g/mol. The van der Waals surface area contributed by atoms with E-state index in [1.54, 1.807) is 29.3 Å². The lowest BCUT2D eigenvalue weighted by Crippen LogP contribution is -2.51. The maximum absolute atomic E-state index is 14.0. The Bertz CT molecular complexity index is 870. The van der Waals surface area contributed by atoms with Crippen LogP contribution in [-0.2, 0) is 11.3 Å². The third-order valence-corrected chi connectivity index (χ3v) is 5.42. The molecule has 0 spiro atoms. The molecule has 2 saturated heterocycles.